The van der Waals surface area contributed by atoms with E-state index in [4.69, 9.17) is 5.21 Å². The highest BCUT2D eigenvalue weighted by atomic mass is 35.5. The Morgan fingerprint density at radius 1 is 1.80 bits per heavy atom. The van der Waals surface area contributed by atoms with Crippen LogP contribution in [-0.2, 0) is 0 Å². The molecular formula is C2H6ClNO. The molecule has 0 aromatic rings. The van der Waals surface area contributed by atoms with Crippen LogP contribution in [0.2, 0.25) is 0 Å². The lowest BCUT2D eigenvalue weighted by molar-refractivity contribution is 0.321. The summed E-state index contributed by atoms with van der Waals surface area (Å²) < 4.78 is 0. The van der Waals surface area contributed by atoms with Gasteiger partial charge in [-0.05, 0) is 6.92 Å². The molecule has 2 nitrogen and oxygen atoms in total. The van der Waals surface area contributed by atoms with E-state index in [0.717, 1.165) is 0 Å². The third-order valence-electron chi connectivity index (χ3n) is 0.115. The Balaban J connectivity index is 0. The van der Waals surface area contributed by atoms with Crippen molar-refractivity contribution in [3.8, 4) is 0 Å². The number of nitrogens with zero attached hydrogens (tertiary/aromatic N) is 1. The summed E-state index contributed by atoms with van der Waals surface area (Å²) in [6.07, 6.45) is 1.31. The van der Waals surface area contributed by atoms with Gasteiger partial charge >= 0.3 is 0 Å². The minimum absolute atomic E-state index is 0. The fraction of sp³-hybridized carbons (Fsp3) is 0.500. The average Bonchev–Trinajstić information content (AvgIpc) is 1.37. The van der Waals surface area contributed by atoms with Crippen molar-refractivity contribution in [3.05, 3.63) is 0 Å². The monoisotopic (exact) mass is 95.0 g/mol. The van der Waals surface area contributed by atoms with Crippen molar-refractivity contribution in [2.45, 2.75) is 6.92 Å². The highest BCUT2D eigenvalue weighted by molar-refractivity contribution is 5.85. The molecule has 3 heteroatoms. The molecule has 32 valence electrons. The first kappa shape index (κ1) is 8.83. The second-order valence-corrected chi connectivity index (χ2v) is 0.374. The quantitative estimate of drug-likeness (QED) is 0.271. The van der Waals surface area contributed by atoms with Gasteiger partial charge in [0.25, 0.3) is 0 Å². The number of halogens is 1. The van der Waals surface area contributed by atoms with Gasteiger partial charge in [-0.15, -0.1) is 17.6 Å². The van der Waals surface area contributed by atoms with Gasteiger partial charge in [0.15, 0.2) is 0 Å². The van der Waals surface area contributed by atoms with Crippen LogP contribution < -0.4 is 0 Å². The molecule has 0 aliphatic heterocycles. The molecule has 0 aliphatic carbocycles. The molecule has 1 N–H and O–H groups in total. The van der Waals surface area contributed by atoms with Gasteiger partial charge in [-0.1, -0.05) is 0 Å². The second-order valence-electron chi connectivity index (χ2n) is 0.374. The molecule has 0 saturated carbocycles. The Morgan fingerprint density at radius 2 is 2.00 bits per heavy atom. The van der Waals surface area contributed by atoms with Gasteiger partial charge in [-0.2, -0.15) is 0 Å². The van der Waals surface area contributed by atoms with Gasteiger partial charge in [0, 0.05) is 6.21 Å². The minimum Gasteiger partial charge on any atom is -0.411 e. The molecule has 0 atom stereocenters. The molecule has 0 aromatic carbocycles. The van der Waals surface area contributed by atoms with Gasteiger partial charge in [-0.25, -0.2) is 0 Å². The zero-order valence-corrected chi connectivity index (χ0v) is 3.70. The maximum absolute atomic E-state index is 7.44. The van der Waals surface area contributed by atoms with Crippen molar-refractivity contribution < 1.29 is 5.21 Å². The summed E-state index contributed by atoms with van der Waals surface area (Å²) in [4.78, 5) is 0. The van der Waals surface area contributed by atoms with Gasteiger partial charge in [0.2, 0.25) is 0 Å². The molecule has 0 unspecified atom stereocenters. The summed E-state index contributed by atoms with van der Waals surface area (Å²) in [6.45, 7) is 1.64. The fourth-order valence-electron chi connectivity index (χ4n) is 0. The van der Waals surface area contributed by atoms with Crippen LogP contribution in [0.3, 0.4) is 0 Å². The van der Waals surface area contributed by atoms with Crippen LogP contribution in [-0.4, -0.2) is 11.4 Å². The maximum Gasteiger partial charge on any atom is 0.0404 e. The maximum atomic E-state index is 7.44. The Labute approximate surface area is 36.9 Å². The molecule has 0 bridgehead atoms. The Kier molecular flexibility index (Phi) is 16.3. The van der Waals surface area contributed by atoms with Crippen LogP contribution in [0.15, 0.2) is 5.16 Å². The number of hydrogen-bond donors (Lipinski definition) is 1. The van der Waals surface area contributed by atoms with E-state index in [1.54, 1.807) is 6.92 Å². The number of rotatable bonds is 0. The molecular weight excluding hydrogens is 89.5 g/mol. The third-order valence-corrected chi connectivity index (χ3v) is 0.115. The van der Waals surface area contributed by atoms with E-state index < -0.39 is 0 Å². The molecule has 0 rings (SSSR count). The van der Waals surface area contributed by atoms with Gasteiger partial charge in [-0.3, -0.25) is 0 Å². The Bertz CT molecular complexity index is 24.8. The van der Waals surface area contributed by atoms with E-state index in [1.165, 1.54) is 6.21 Å². The molecule has 0 radical (unpaired) electrons. The number of hydrogen-bond acceptors (Lipinski definition) is 2. The first-order chi connectivity index (χ1) is 1.91. The largest absolute Gasteiger partial charge is 0.411 e. The second kappa shape index (κ2) is 9.25. The molecule has 0 spiro atoms. The molecule has 5 heavy (non-hydrogen) atoms. The summed E-state index contributed by atoms with van der Waals surface area (Å²) in [7, 11) is 0. The van der Waals surface area contributed by atoms with Crippen LogP contribution in [0.4, 0.5) is 0 Å². The smallest absolute Gasteiger partial charge is 0.0404 e. The molecule has 0 amide bonds. The van der Waals surface area contributed by atoms with Crippen LogP contribution in [0.25, 0.3) is 0 Å². The zero-order valence-electron chi connectivity index (χ0n) is 2.88. The van der Waals surface area contributed by atoms with E-state index in [0.29, 0.717) is 0 Å². The van der Waals surface area contributed by atoms with Gasteiger partial charge < -0.3 is 5.21 Å². The fourth-order valence-corrected chi connectivity index (χ4v) is 0. The first-order valence-electron chi connectivity index (χ1n) is 1.04. The van der Waals surface area contributed by atoms with E-state index in [1.807, 2.05) is 0 Å². The van der Waals surface area contributed by atoms with Crippen molar-refractivity contribution in [2.75, 3.05) is 0 Å². The predicted octanol–water partition coefficient (Wildman–Crippen LogP) is 0.888. The molecule has 0 aromatic heterocycles. The van der Waals surface area contributed by atoms with Crippen molar-refractivity contribution in [1.82, 2.24) is 0 Å². The molecule has 0 saturated heterocycles. The summed E-state index contributed by atoms with van der Waals surface area (Å²) >= 11 is 0. The van der Waals surface area contributed by atoms with E-state index in [2.05, 4.69) is 5.16 Å². The van der Waals surface area contributed by atoms with Crippen LogP contribution in [0.1, 0.15) is 6.92 Å². The Hall–Kier alpha value is -0.240. The lowest BCUT2D eigenvalue weighted by Gasteiger charge is -1.54. The third kappa shape index (κ3) is 20.2. The van der Waals surface area contributed by atoms with E-state index in [-0.39, 0.29) is 12.4 Å². The molecule has 0 fully saturated rings. The molecule has 0 heterocycles. The number of oxime groups is 1. The summed E-state index contributed by atoms with van der Waals surface area (Å²) in [5, 5.41) is 10.1. The lowest BCUT2D eigenvalue weighted by Crippen LogP contribution is -1.49. The lowest BCUT2D eigenvalue weighted by atomic mass is 10.9. The SMILES string of the molecule is C/C=N/O.Cl. The van der Waals surface area contributed by atoms with E-state index in [9.17, 15) is 0 Å². The van der Waals surface area contributed by atoms with Crippen molar-refractivity contribution in [1.29, 1.82) is 0 Å². The summed E-state index contributed by atoms with van der Waals surface area (Å²) in [6, 6.07) is 0. The van der Waals surface area contributed by atoms with Crippen molar-refractivity contribution in [3.63, 3.8) is 0 Å². The topological polar surface area (TPSA) is 32.6 Å². The van der Waals surface area contributed by atoms with E-state index >= 15 is 0 Å². The normalized spacial score (nSPS) is 7.40. The van der Waals surface area contributed by atoms with Crippen molar-refractivity contribution in [2.24, 2.45) is 5.16 Å². The summed E-state index contributed by atoms with van der Waals surface area (Å²) in [5.41, 5.74) is 0. The van der Waals surface area contributed by atoms with Crippen LogP contribution in [0, 0.1) is 0 Å². The highest BCUT2D eigenvalue weighted by Gasteiger charge is 1.34. The van der Waals surface area contributed by atoms with Gasteiger partial charge in [0.05, 0.1) is 0 Å². The standard InChI is InChI=1S/C2H5NO.ClH/c1-2-3-4;/h2,4H,1H3;1H/b3-2+;. The Morgan fingerprint density at radius 3 is 2.00 bits per heavy atom. The van der Waals surface area contributed by atoms with Crippen LogP contribution in [0.5, 0.6) is 0 Å². The minimum atomic E-state index is 0. The van der Waals surface area contributed by atoms with Gasteiger partial charge in [0.1, 0.15) is 0 Å². The van der Waals surface area contributed by atoms with Crippen molar-refractivity contribution >= 4 is 18.6 Å². The predicted molar refractivity (Wildman–Crippen MR) is 23.2 cm³/mol. The highest BCUT2D eigenvalue weighted by Crippen LogP contribution is 1.38. The summed E-state index contributed by atoms with van der Waals surface area (Å²) in [5.74, 6) is 0. The average molecular weight is 95.5 g/mol. The van der Waals surface area contributed by atoms with Crippen LogP contribution >= 0.6 is 12.4 Å². The zero-order chi connectivity index (χ0) is 3.41. The molecule has 0 aliphatic rings. The first-order valence-corrected chi connectivity index (χ1v) is 1.04.